The standard InChI is InChI=1S/C11H9FS.C9H13N3O/c1-8-4-5-9(7-10(8)12)11-3-2-6-13-11;10-3-4-11-9(13)8-6-1-2-7(5-6)12-8/h2-7H,1H3;6-8,12H,1-2,4-5H2,(H,11,13)/t;6?,7-,8+/m.1/s1. The van der Waals surface area contributed by atoms with E-state index in [4.69, 9.17) is 5.26 Å². The molecule has 4 rings (SSSR count). The van der Waals surface area contributed by atoms with Crippen LogP contribution < -0.4 is 10.6 Å². The molecule has 2 aliphatic rings. The normalized spacial score (nSPS) is 23.0. The molecule has 0 spiro atoms. The number of hydrogen-bond acceptors (Lipinski definition) is 4. The zero-order valence-corrected chi connectivity index (χ0v) is 15.5. The number of thiophene rings is 1. The van der Waals surface area contributed by atoms with E-state index < -0.39 is 0 Å². The van der Waals surface area contributed by atoms with Crippen molar-refractivity contribution in [2.24, 2.45) is 5.92 Å². The Morgan fingerprint density at radius 1 is 1.42 bits per heavy atom. The number of nitriles is 1. The summed E-state index contributed by atoms with van der Waals surface area (Å²) in [6.07, 6.45) is 3.49. The number of rotatable bonds is 3. The van der Waals surface area contributed by atoms with E-state index in [1.807, 2.05) is 35.7 Å². The van der Waals surface area contributed by atoms with E-state index in [9.17, 15) is 9.18 Å². The average Bonchev–Trinajstić information content (AvgIpc) is 3.40. The third-order valence-electron chi connectivity index (χ3n) is 4.96. The van der Waals surface area contributed by atoms with Gasteiger partial charge in [-0.25, -0.2) is 4.39 Å². The van der Waals surface area contributed by atoms with Crippen LogP contribution in [0.25, 0.3) is 10.4 Å². The van der Waals surface area contributed by atoms with E-state index in [2.05, 4.69) is 10.6 Å². The smallest absolute Gasteiger partial charge is 0.238 e. The molecule has 26 heavy (non-hydrogen) atoms. The zero-order valence-electron chi connectivity index (χ0n) is 14.7. The van der Waals surface area contributed by atoms with E-state index in [0.717, 1.165) is 23.3 Å². The maximum absolute atomic E-state index is 13.2. The van der Waals surface area contributed by atoms with Crippen LogP contribution in [0.1, 0.15) is 24.8 Å². The number of amides is 1. The predicted molar refractivity (Wildman–Crippen MR) is 101 cm³/mol. The second kappa shape index (κ2) is 8.43. The lowest BCUT2D eigenvalue weighted by molar-refractivity contribution is -0.123. The zero-order chi connectivity index (χ0) is 18.5. The Morgan fingerprint density at radius 3 is 2.85 bits per heavy atom. The maximum atomic E-state index is 13.2. The maximum Gasteiger partial charge on any atom is 0.238 e. The summed E-state index contributed by atoms with van der Waals surface area (Å²) in [6.45, 7) is 1.89. The van der Waals surface area contributed by atoms with Crippen LogP contribution in [0.2, 0.25) is 0 Å². The Morgan fingerprint density at radius 2 is 2.27 bits per heavy atom. The van der Waals surface area contributed by atoms with Gasteiger partial charge in [-0.15, -0.1) is 11.3 Å². The average molecular weight is 371 g/mol. The Kier molecular flexibility index (Phi) is 6.02. The minimum Gasteiger partial charge on any atom is -0.342 e. The number of hydrogen-bond donors (Lipinski definition) is 2. The first-order valence-electron chi connectivity index (χ1n) is 8.79. The predicted octanol–water partition coefficient (Wildman–Crippen LogP) is 3.63. The van der Waals surface area contributed by atoms with Gasteiger partial charge in [-0.3, -0.25) is 4.79 Å². The highest BCUT2D eigenvalue weighted by molar-refractivity contribution is 7.13. The van der Waals surface area contributed by atoms with Crippen molar-refractivity contribution in [1.82, 2.24) is 10.6 Å². The van der Waals surface area contributed by atoms with Gasteiger partial charge in [0.1, 0.15) is 12.4 Å². The van der Waals surface area contributed by atoms with Gasteiger partial charge < -0.3 is 10.6 Å². The molecule has 1 aromatic heterocycles. The van der Waals surface area contributed by atoms with Crippen LogP contribution in [0.4, 0.5) is 4.39 Å². The number of nitrogens with zero attached hydrogens (tertiary/aromatic N) is 1. The van der Waals surface area contributed by atoms with Crippen LogP contribution >= 0.6 is 11.3 Å². The van der Waals surface area contributed by atoms with Crippen LogP contribution in [-0.4, -0.2) is 24.5 Å². The highest BCUT2D eigenvalue weighted by Crippen LogP contribution is 2.35. The monoisotopic (exact) mass is 371 g/mol. The topological polar surface area (TPSA) is 64.9 Å². The van der Waals surface area contributed by atoms with E-state index >= 15 is 0 Å². The number of carbonyl (C=O) groups excluding carboxylic acids is 1. The van der Waals surface area contributed by atoms with Gasteiger partial charge >= 0.3 is 0 Å². The number of aryl methyl sites for hydroxylation is 1. The quantitative estimate of drug-likeness (QED) is 0.810. The third-order valence-corrected chi connectivity index (χ3v) is 5.88. The summed E-state index contributed by atoms with van der Waals surface area (Å²) in [6, 6.07) is 11.7. The molecule has 1 aliphatic carbocycles. The fourth-order valence-corrected chi connectivity index (χ4v) is 4.30. The molecule has 1 aliphatic heterocycles. The Hall–Kier alpha value is -2.23. The fraction of sp³-hybridized carbons (Fsp3) is 0.400. The van der Waals surface area contributed by atoms with Crippen LogP contribution in [0.3, 0.4) is 0 Å². The second-order valence-corrected chi connectivity index (χ2v) is 7.68. The van der Waals surface area contributed by atoms with Gasteiger partial charge in [-0.2, -0.15) is 5.26 Å². The summed E-state index contributed by atoms with van der Waals surface area (Å²) < 4.78 is 13.2. The number of benzene rings is 1. The molecule has 2 aromatic rings. The Balaban J connectivity index is 0.000000151. The van der Waals surface area contributed by atoms with E-state index in [-0.39, 0.29) is 24.3 Å². The van der Waals surface area contributed by atoms with Crippen molar-refractivity contribution in [2.45, 2.75) is 38.3 Å². The summed E-state index contributed by atoms with van der Waals surface area (Å²) in [5.41, 5.74) is 1.65. The van der Waals surface area contributed by atoms with Gasteiger partial charge in [0.2, 0.25) is 5.91 Å². The number of halogens is 1. The highest BCUT2D eigenvalue weighted by Gasteiger charge is 2.42. The molecule has 1 aromatic carbocycles. The van der Waals surface area contributed by atoms with Crippen molar-refractivity contribution in [3.63, 3.8) is 0 Å². The first kappa shape index (κ1) is 18.6. The molecular formula is C20H22FN3OS. The van der Waals surface area contributed by atoms with E-state index in [1.165, 1.54) is 6.42 Å². The molecule has 3 atom stereocenters. The first-order valence-corrected chi connectivity index (χ1v) is 9.67. The molecule has 1 saturated carbocycles. The number of nitrogens with one attached hydrogen (secondary N) is 2. The molecule has 4 nitrogen and oxygen atoms in total. The molecule has 2 fully saturated rings. The molecule has 2 N–H and O–H groups in total. The van der Waals surface area contributed by atoms with Gasteiger partial charge in [0.15, 0.2) is 0 Å². The lowest BCUT2D eigenvalue weighted by Crippen LogP contribution is -2.47. The minimum atomic E-state index is -0.133. The van der Waals surface area contributed by atoms with Crippen molar-refractivity contribution < 1.29 is 9.18 Å². The van der Waals surface area contributed by atoms with Gasteiger partial charge in [0.05, 0.1) is 12.1 Å². The Labute approximate surface area is 157 Å². The summed E-state index contributed by atoms with van der Waals surface area (Å²) in [7, 11) is 0. The van der Waals surface area contributed by atoms with E-state index in [1.54, 1.807) is 24.3 Å². The van der Waals surface area contributed by atoms with Gasteiger partial charge in [0.25, 0.3) is 0 Å². The van der Waals surface area contributed by atoms with Crippen molar-refractivity contribution >= 4 is 17.2 Å². The van der Waals surface area contributed by atoms with E-state index in [0.29, 0.717) is 17.5 Å². The van der Waals surface area contributed by atoms with Crippen LogP contribution in [0, 0.1) is 30.0 Å². The third kappa shape index (κ3) is 4.29. The molecule has 0 radical (unpaired) electrons. The molecule has 2 bridgehead atoms. The lowest BCUT2D eigenvalue weighted by atomic mass is 9.99. The summed E-state index contributed by atoms with van der Waals surface area (Å²) in [4.78, 5) is 12.6. The number of piperidine rings is 1. The van der Waals surface area contributed by atoms with Crippen molar-refractivity contribution in [1.29, 1.82) is 5.26 Å². The van der Waals surface area contributed by atoms with Gasteiger partial charge in [-0.05, 0) is 60.7 Å². The fourth-order valence-electron chi connectivity index (χ4n) is 3.58. The number of carbonyl (C=O) groups is 1. The summed E-state index contributed by atoms with van der Waals surface area (Å²) >= 11 is 1.62. The molecule has 1 saturated heterocycles. The van der Waals surface area contributed by atoms with Crippen LogP contribution in [0.15, 0.2) is 35.7 Å². The molecule has 6 heteroatoms. The second-order valence-electron chi connectivity index (χ2n) is 6.73. The van der Waals surface area contributed by atoms with Crippen molar-refractivity contribution in [2.75, 3.05) is 6.54 Å². The lowest BCUT2D eigenvalue weighted by Gasteiger charge is -2.21. The molecule has 2 heterocycles. The molecular weight excluding hydrogens is 349 g/mol. The highest BCUT2D eigenvalue weighted by atomic mass is 32.1. The van der Waals surface area contributed by atoms with Gasteiger partial charge in [-0.1, -0.05) is 18.2 Å². The number of fused-ring (bicyclic) bond motifs is 2. The van der Waals surface area contributed by atoms with Gasteiger partial charge in [0, 0.05) is 10.9 Å². The molecule has 1 amide bonds. The SMILES string of the molecule is Cc1ccc(-c2cccs2)cc1F.N#CCNC(=O)[C@H]1N[C@@H]2CCC1C2. The van der Waals surface area contributed by atoms with Crippen molar-refractivity contribution in [3.8, 4) is 16.5 Å². The van der Waals surface area contributed by atoms with Crippen LogP contribution in [0.5, 0.6) is 0 Å². The van der Waals surface area contributed by atoms with Crippen molar-refractivity contribution in [3.05, 3.63) is 47.1 Å². The molecule has 1 unspecified atom stereocenters. The first-order chi connectivity index (χ1) is 12.6. The summed E-state index contributed by atoms with van der Waals surface area (Å²) in [5.74, 6) is 0.364. The minimum absolute atomic E-state index is 0.00579. The summed E-state index contributed by atoms with van der Waals surface area (Å²) in [5, 5.41) is 16.2. The molecule has 136 valence electrons. The Bertz CT molecular complexity index is 800. The largest absolute Gasteiger partial charge is 0.342 e. The van der Waals surface area contributed by atoms with Crippen LogP contribution in [-0.2, 0) is 4.79 Å².